The van der Waals surface area contributed by atoms with Crippen molar-refractivity contribution in [2.75, 3.05) is 6.61 Å². The summed E-state index contributed by atoms with van der Waals surface area (Å²) in [4.78, 5) is 0. The summed E-state index contributed by atoms with van der Waals surface area (Å²) in [5, 5.41) is 9.75. The lowest BCUT2D eigenvalue weighted by molar-refractivity contribution is -0.0645. The maximum atomic E-state index is 9.75. The van der Waals surface area contributed by atoms with Gasteiger partial charge in [-0.25, -0.2) is 0 Å². The number of aliphatic hydroxyl groups is 1. The number of benzene rings is 1. The molecule has 1 aromatic carbocycles. The van der Waals surface area contributed by atoms with Crippen LogP contribution in [0.25, 0.3) is 0 Å². The normalized spacial score (nSPS) is 27.2. The predicted molar refractivity (Wildman–Crippen MR) is 73.5 cm³/mol. The Hall–Kier alpha value is -1.12. The van der Waals surface area contributed by atoms with Gasteiger partial charge in [0, 0.05) is 0 Å². The Labute approximate surface area is 109 Å². The molecule has 1 N–H and O–H groups in total. The van der Waals surface area contributed by atoms with Gasteiger partial charge >= 0.3 is 0 Å². The van der Waals surface area contributed by atoms with Crippen LogP contribution in [0, 0.1) is 6.92 Å². The second-order valence-electron chi connectivity index (χ2n) is 5.46. The minimum absolute atomic E-state index is 0.0448. The topological polar surface area (TPSA) is 29.5 Å². The molecule has 2 nitrogen and oxygen atoms in total. The Balaban J connectivity index is 2.23. The van der Waals surface area contributed by atoms with E-state index in [9.17, 15) is 5.11 Å². The molecule has 1 fully saturated rings. The lowest BCUT2D eigenvalue weighted by Crippen LogP contribution is -2.30. The molecule has 2 heteroatoms. The van der Waals surface area contributed by atoms with E-state index in [1.165, 1.54) is 11.1 Å². The monoisotopic (exact) mass is 246 g/mol. The Morgan fingerprint density at radius 2 is 2.06 bits per heavy atom. The van der Waals surface area contributed by atoms with Gasteiger partial charge in [0.15, 0.2) is 0 Å². The second kappa shape index (κ2) is 5.25. The van der Waals surface area contributed by atoms with Crippen molar-refractivity contribution in [2.24, 2.45) is 0 Å². The molecule has 2 rings (SSSR count). The maximum Gasteiger partial charge on any atom is 0.117 e. The summed E-state index contributed by atoms with van der Waals surface area (Å²) < 4.78 is 6.11. The molecule has 1 aliphatic heterocycles. The number of aryl methyl sites for hydroxylation is 1. The number of allylic oxidation sites excluding steroid dienone is 1. The van der Waals surface area contributed by atoms with Gasteiger partial charge in [0.05, 0.1) is 12.7 Å². The van der Waals surface area contributed by atoms with Crippen molar-refractivity contribution < 1.29 is 9.84 Å². The molecule has 0 radical (unpaired) electrons. The molecule has 98 valence electrons. The van der Waals surface area contributed by atoms with Crippen LogP contribution in [0.1, 0.15) is 37.8 Å². The van der Waals surface area contributed by atoms with Gasteiger partial charge in [0.1, 0.15) is 5.60 Å². The van der Waals surface area contributed by atoms with E-state index in [0.29, 0.717) is 0 Å². The van der Waals surface area contributed by atoms with E-state index in [1.807, 2.05) is 0 Å². The lowest BCUT2D eigenvalue weighted by atomic mass is 9.91. The van der Waals surface area contributed by atoms with Crippen LogP contribution in [0.5, 0.6) is 0 Å². The summed E-state index contributed by atoms with van der Waals surface area (Å²) in [6, 6.07) is 8.28. The van der Waals surface area contributed by atoms with Crippen LogP contribution in [0.4, 0.5) is 0 Å². The first kappa shape index (κ1) is 13.3. The first-order valence-electron chi connectivity index (χ1n) is 6.56. The molecule has 0 bridgehead atoms. The van der Waals surface area contributed by atoms with E-state index in [4.69, 9.17) is 4.74 Å². The molecular weight excluding hydrogens is 224 g/mol. The highest BCUT2D eigenvalue weighted by Gasteiger charge is 2.40. The Morgan fingerprint density at radius 1 is 1.39 bits per heavy atom. The highest BCUT2D eigenvalue weighted by molar-refractivity contribution is 5.28. The fourth-order valence-corrected chi connectivity index (χ4v) is 2.55. The molecule has 1 heterocycles. The third kappa shape index (κ3) is 2.65. The molecule has 2 atom stereocenters. The zero-order valence-electron chi connectivity index (χ0n) is 11.4. The van der Waals surface area contributed by atoms with Crippen LogP contribution < -0.4 is 0 Å². The Kier molecular flexibility index (Phi) is 3.88. The van der Waals surface area contributed by atoms with Gasteiger partial charge in [0.25, 0.3) is 0 Å². The van der Waals surface area contributed by atoms with Crippen molar-refractivity contribution >= 4 is 0 Å². The molecule has 0 unspecified atom stereocenters. The van der Waals surface area contributed by atoms with Gasteiger partial charge in [-0.05, 0) is 39.2 Å². The van der Waals surface area contributed by atoms with Gasteiger partial charge in [-0.2, -0.15) is 0 Å². The van der Waals surface area contributed by atoms with Crippen molar-refractivity contribution in [1.82, 2.24) is 0 Å². The van der Waals surface area contributed by atoms with Crippen molar-refractivity contribution in [2.45, 2.75) is 45.3 Å². The smallest absolute Gasteiger partial charge is 0.117 e. The van der Waals surface area contributed by atoms with Crippen LogP contribution in [0.2, 0.25) is 0 Å². The fraction of sp³-hybridized carbons (Fsp3) is 0.500. The molecule has 0 saturated carbocycles. The van der Waals surface area contributed by atoms with Crippen molar-refractivity contribution in [3.63, 3.8) is 0 Å². The van der Waals surface area contributed by atoms with Gasteiger partial charge < -0.3 is 9.84 Å². The SMILES string of the molecule is CC(C)=C[C@@H]1CC[C@](CO)(c2ccc(C)cc2)O1. The third-order valence-electron chi connectivity index (χ3n) is 3.56. The molecule has 18 heavy (non-hydrogen) atoms. The summed E-state index contributed by atoms with van der Waals surface area (Å²) in [5.74, 6) is 0. The van der Waals surface area contributed by atoms with E-state index in [2.05, 4.69) is 51.1 Å². The summed E-state index contributed by atoms with van der Waals surface area (Å²) in [5.41, 5.74) is 3.06. The van der Waals surface area contributed by atoms with E-state index in [-0.39, 0.29) is 12.7 Å². The zero-order valence-corrected chi connectivity index (χ0v) is 11.4. The van der Waals surface area contributed by atoms with Crippen LogP contribution in [-0.4, -0.2) is 17.8 Å². The molecular formula is C16H22O2. The van der Waals surface area contributed by atoms with Crippen LogP contribution in [0.15, 0.2) is 35.9 Å². The first-order valence-corrected chi connectivity index (χ1v) is 6.56. The largest absolute Gasteiger partial charge is 0.393 e. The van der Waals surface area contributed by atoms with E-state index < -0.39 is 5.60 Å². The number of rotatable bonds is 3. The van der Waals surface area contributed by atoms with E-state index in [1.54, 1.807) is 0 Å². The molecule has 0 aromatic heterocycles. The molecule has 0 spiro atoms. The maximum absolute atomic E-state index is 9.75. The molecule has 0 amide bonds. The summed E-state index contributed by atoms with van der Waals surface area (Å²) in [6.07, 6.45) is 4.12. The average Bonchev–Trinajstić information content (AvgIpc) is 2.74. The Bertz CT molecular complexity index is 429. The van der Waals surface area contributed by atoms with E-state index >= 15 is 0 Å². The second-order valence-corrected chi connectivity index (χ2v) is 5.46. The van der Waals surface area contributed by atoms with Crippen molar-refractivity contribution in [1.29, 1.82) is 0 Å². The van der Waals surface area contributed by atoms with Gasteiger partial charge in [-0.3, -0.25) is 0 Å². The van der Waals surface area contributed by atoms with Gasteiger partial charge in [-0.1, -0.05) is 41.5 Å². The minimum Gasteiger partial charge on any atom is -0.393 e. The number of ether oxygens (including phenoxy) is 1. The van der Waals surface area contributed by atoms with Crippen LogP contribution in [-0.2, 0) is 10.3 Å². The van der Waals surface area contributed by atoms with Crippen LogP contribution >= 0.6 is 0 Å². The number of aliphatic hydroxyl groups excluding tert-OH is 1. The van der Waals surface area contributed by atoms with Gasteiger partial charge in [0.2, 0.25) is 0 Å². The lowest BCUT2D eigenvalue weighted by Gasteiger charge is -2.27. The molecule has 1 aliphatic rings. The van der Waals surface area contributed by atoms with Crippen LogP contribution in [0.3, 0.4) is 0 Å². The zero-order chi connectivity index (χ0) is 13.2. The summed E-state index contributed by atoms with van der Waals surface area (Å²) in [6.45, 7) is 6.27. The standard InChI is InChI=1S/C16H22O2/c1-12(2)10-15-8-9-16(11-17,18-15)14-6-4-13(3)5-7-14/h4-7,10,15,17H,8-9,11H2,1-3H3/t15-,16-/m0/s1. The minimum atomic E-state index is -0.510. The average molecular weight is 246 g/mol. The first-order chi connectivity index (χ1) is 8.55. The van der Waals surface area contributed by atoms with Gasteiger partial charge in [-0.15, -0.1) is 0 Å². The quantitative estimate of drug-likeness (QED) is 0.829. The Morgan fingerprint density at radius 3 is 2.61 bits per heavy atom. The molecule has 1 saturated heterocycles. The highest BCUT2D eigenvalue weighted by atomic mass is 16.5. The molecule has 1 aromatic rings. The fourth-order valence-electron chi connectivity index (χ4n) is 2.55. The van der Waals surface area contributed by atoms with E-state index in [0.717, 1.165) is 18.4 Å². The summed E-state index contributed by atoms with van der Waals surface area (Å²) >= 11 is 0. The van der Waals surface area contributed by atoms with Crippen molar-refractivity contribution in [3.8, 4) is 0 Å². The third-order valence-corrected chi connectivity index (χ3v) is 3.56. The number of hydrogen-bond donors (Lipinski definition) is 1. The molecule has 0 aliphatic carbocycles. The highest BCUT2D eigenvalue weighted by Crippen LogP contribution is 2.39. The van der Waals surface area contributed by atoms with Crippen molar-refractivity contribution in [3.05, 3.63) is 47.0 Å². The number of hydrogen-bond acceptors (Lipinski definition) is 2. The predicted octanol–water partition coefficient (Wildman–Crippen LogP) is 3.33. The summed E-state index contributed by atoms with van der Waals surface area (Å²) in [7, 11) is 0.